The van der Waals surface area contributed by atoms with Crippen LogP contribution in [-0.4, -0.2) is 11.8 Å². The van der Waals surface area contributed by atoms with Crippen LogP contribution in [0, 0.1) is 13.8 Å². The van der Waals surface area contributed by atoms with E-state index < -0.39 is 0 Å². The van der Waals surface area contributed by atoms with Crippen LogP contribution in [0.4, 0.5) is 11.4 Å². The Kier molecular flexibility index (Phi) is 5.67. The molecule has 0 heterocycles. The van der Waals surface area contributed by atoms with E-state index in [0.29, 0.717) is 11.3 Å². The average molecular weight is 358 g/mol. The van der Waals surface area contributed by atoms with Crippen LogP contribution >= 0.6 is 0 Å². The molecule has 0 radical (unpaired) electrons. The molecular weight excluding hydrogens is 336 g/mol. The Morgan fingerprint density at radius 2 is 1.48 bits per heavy atom. The zero-order valence-corrected chi connectivity index (χ0v) is 15.5. The summed E-state index contributed by atoms with van der Waals surface area (Å²) in [6.45, 7) is 4.03. The van der Waals surface area contributed by atoms with Gasteiger partial charge in [-0.3, -0.25) is 9.59 Å². The molecule has 0 unspecified atom stereocenters. The smallest absolute Gasteiger partial charge is 0.257 e. The number of hydrogen-bond acceptors (Lipinski definition) is 2. The van der Waals surface area contributed by atoms with Gasteiger partial charge in [-0.05, 0) is 54.8 Å². The van der Waals surface area contributed by atoms with Crippen LogP contribution in [0.3, 0.4) is 0 Å². The summed E-state index contributed by atoms with van der Waals surface area (Å²) >= 11 is 0. The standard InChI is InChI=1S/C23H22N2O2/c1-16-12-13-19(14-17(16)2)24-23(27)20-10-6-7-11-21(20)25-22(26)15-18-8-4-3-5-9-18/h3-14H,15H2,1-2H3,(H,24,27)(H,25,26). The third kappa shape index (κ3) is 4.82. The summed E-state index contributed by atoms with van der Waals surface area (Å²) in [6.07, 6.45) is 0.258. The molecule has 0 fully saturated rings. The van der Waals surface area contributed by atoms with Crippen molar-refractivity contribution in [3.8, 4) is 0 Å². The van der Waals surface area contributed by atoms with Gasteiger partial charge in [-0.2, -0.15) is 0 Å². The van der Waals surface area contributed by atoms with Crippen LogP contribution in [0.25, 0.3) is 0 Å². The summed E-state index contributed by atoms with van der Waals surface area (Å²) in [5.41, 5.74) is 4.86. The van der Waals surface area contributed by atoms with E-state index in [9.17, 15) is 9.59 Å². The molecule has 0 aliphatic carbocycles. The van der Waals surface area contributed by atoms with Crippen LogP contribution in [-0.2, 0) is 11.2 Å². The molecule has 3 aromatic rings. The molecule has 0 aliphatic heterocycles. The average Bonchev–Trinajstić information content (AvgIpc) is 2.66. The van der Waals surface area contributed by atoms with Crippen molar-refractivity contribution in [1.82, 2.24) is 0 Å². The Bertz CT molecular complexity index is 965. The summed E-state index contributed by atoms with van der Waals surface area (Å²) in [4.78, 5) is 25.1. The van der Waals surface area contributed by atoms with E-state index in [4.69, 9.17) is 0 Å². The van der Waals surface area contributed by atoms with Gasteiger partial charge in [-0.1, -0.05) is 48.5 Å². The molecule has 0 spiro atoms. The van der Waals surface area contributed by atoms with Crippen molar-refractivity contribution in [2.45, 2.75) is 20.3 Å². The first-order chi connectivity index (χ1) is 13.0. The topological polar surface area (TPSA) is 58.2 Å². The van der Waals surface area contributed by atoms with Crippen molar-refractivity contribution in [2.24, 2.45) is 0 Å². The van der Waals surface area contributed by atoms with Gasteiger partial charge >= 0.3 is 0 Å². The lowest BCUT2D eigenvalue weighted by Gasteiger charge is -2.12. The largest absolute Gasteiger partial charge is 0.325 e. The maximum absolute atomic E-state index is 12.7. The summed E-state index contributed by atoms with van der Waals surface area (Å²) in [7, 11) is 0. The molecule has 0 bridgehead atoms. The maximum atomic E-state index is 12.7. The van der Waals surface area contributed by atoms with Crippen LogP contribution in [0.1, 0.15) is 27.0 Å². The minimum absolute atomic E-state index is 0.160. The molecule has 27 heavy (non-hydrogen) atoms. The van der Waals surface area contributed by atoms with Gasteiger partial charge in [0.1, 0.15) is 0 Å². The van der Waals surface area contributed by atoms with Crippen molar-refractivity contribution in [3.05, 3.63) is 95.1 Å². The fraction of sp³-hybridized carbons (Fsp3) is 0.130. The van der Waals surface area contributed by atoms with Crippen LogP contribution < -0.4 is 10.6 Å². The van der Waals surface area contributed by atoms with Crippen molar-refractivity contribution >= 4 is 23.2 Å². The molecule has 3 aromatic carbocycles. The Morgan fingerprint density at radius 3 is 2.22 bits per heavy atom. The molecule has 0 aromatic heterocycles. The normalized spacial score (nSPS) is 10.3. The number of carbonyl (C=O) groups is 2. The number of aryl methyl sites for hydroxylation is 2. The van der Waals surface area contributed by atoms with Gasteiger partial charge in [-0.15, -0.1) is 0 Å². The van der Waals surface area contributed by atoms with Crippen LogP contribution in [0.5, 0.6) is 0 Å². The Morgan fingerprint density at radius 1 is 0.778 bits per heavy atom. The number of hydrogen-bond donors (Lipinski definition) is 2. The van der Waals surface area contributed by atoms with Gasteiger partial charge in [-0.25, -0.2) is 0 Å². The highest BCUT2D eigenvalue weighted by molar-refractivity contribution is 6.10. The lowest BCUT2D eigenvalue weighted by atomic mass is 10.1. The van der Waals surface area contributed by atoms with Crippen molar-refractivity contribution in [1.29, 1.82) is 0 Å². The van der Waals surface area contributed by atoms with E-state index >= 15 is 0 Å². The summed E-state index contributed by atoms with van der Waals surface area (Å²) in [5, 5.41) is 5.75. The molecule has 0 aliphatic rings. The van der Waals surface area contributed by atoms with Gasteiger partial charge < -0.3 is 10.6 Å². The first kappa shape index (κ1) is 18.4. The molecule has 4 nitrogen and oxygen atoms in total. The zero-order valence-electron chi connectivity index (χ0n) is 15.5. The SMILES string of the molecule is Cc1ccc(NC(=O)c2ccccc2NC(=O)Cc2ccccc2)cc1C. The first-order valence-corrected chi connectivity index (χ1v) is 8.84. The van der Waals surface area contributed by atoms with E-state index in [2.05, 4.69) is 10.6 Å². The molecule has 3 rings (SSSR count). The van der Waals surface area contributed by atoms with Gasteiger partial charge in [0.15, 0.2) is 0 Å². The first-order valence-electron chi connectivity index (χ1n) is 8.84. The Labute approximate surface area is 159 Å². The van der Waals surface area contributed by atoms with Crippen LogP contribution in [0.15, 0.2) is 72.8 Å². The summed E-state index contributed by atoms with van der Waals surface area (Å²) in [6, 6.07) is 22.3. The quantitative estimate of drug-likeness (QED) is 0.692. The highest BCUT2D eigenvalue weighted by Gasteiger charge is 2.14. The number of para-hydroxylation sites is 1. The van der Waals surface area contributed by atoms with E-state index in [0.717, 1.165) is 16.8 Å². The second-order valence-electron chi connectivity index (χ2n) is 6.51. The third-order valence-electron chi connectivity index (χ3n) is 4.42. The lowest BCUT2D eigenvalue weighted by molar-refractivity contribution is -0.115. The van der Waals surface area contributed by atoms with E-state index in [1.165, 1.54) is 5.56 Å². The molecule has 0 atom stereocenters. The molecular formula is C23H22N2O2. The molecule has 2 N–H and O–H groups in total. The second-order valence-corrected chi connectivity index (χ2v) is 6.51. The maximum Gasteiger partial charge on any atom is 0.257 e. The van der Waals surface area contributed by atoms with Gasteiger partial charge in [0.05, 0.1) is 17.7 Å². The Hall–Kier alpha value is -3.40. The molecule has 2 amide bonds. The van der Waals surface area contributed by atoms with Gasteiger partial charge in [0.2, 0.25) is 5.91 Å². The predicted octanol–water partition coefficient (Wildman–Crippen LogP) is 4.74. The summed E-state index contributed by atoms with van der Waals surface area (Å²) in [5.74, 6) is -0.415. The highest BCUT2D eigenvalue weighted by Crippen LogP contribution is 2.19. The number of benzene rings is 3. The second kappa shape index (κ2) is 8.32. The third-order valence-corrected chi connectivity index (χ3v) is 4.42. The zero-order chi connectivity index (χ0) is 19.2. The number of carbonyl (C=O) groups excluding carboxylic acids is 2. The lowest BCUT2D eigenvalue weighted by Crippen LogP contribution is -2.19. The molecule has 4 heteroatoms. The van der Waals surface area contributed by atoms with E-state index in [1.807, 2.05) is 62.4 Å². The predicted molar refractivity (Wildman–Crippen MR) is 109 cm³/mol. The minimum atomic E-state index is -0.256. The number of nitrogens with one attached hydrogen (secondary N) is 2. The van der Waals surface area contributed by atoms with Gasteiger partial charge in [0, 0.05) is 5.69 Å². The fourth-order valence-corrected chi connectivity index (χ4v) is 2.78. The fourth-order valence-electron chi connectivity index (χ4n) is 2.78. The number of anilines is 2. The van der Waals surface area contributed by atoms with Crippen LogP contribution in [0.2, 0.25) is 0 Å². The summed E-state index contributed by atoms with van der Waals surface area (Å²) < 4.78 is 0. The minimum Gasteiger partial charge on any atom is -0.325 e. The van der Waals surface area contributed by atoms with Crippen molar-refractivity contribution < 1.29 is 9.59 Å². The number of rotatable bonds is 5. The highest BCUT2D eigenvalue weighted by atomic mass is 16.2. The van der Waals surface area contributed by atoms with Crippen molar-refractivity contribution in [2.75, 3.05) is 10.6 Å². The monoisotopic (exact) mass is 358 g/mol. The molecule has 0 saturated heterocycles. The Balaban J connectivity index is 1.73. The van der Waals surface area contributed by atoms with E-state index in [1.54, 1.807) is 24.3 Å². The van der Waals surface area contributed by atoms with Gasteiger partial charge in [0.25, 0.3) is 5.91 Å². The van der Waals surface area contributed by atoms with Crippen molar-refractivity contribution in [3.63, 3.8) is 0 Å². The number of amides is 2. The molecule has 0 saturated carbocycles. The van der Waals surface area contributed by atoms with E-state index in [-0.39, 0.29) is 18.2 Å². The molecule has 136 valence electrons.